The van der Waals surface area contributed by atoms with E-state index in [1.54, 1.807) is 7.11 Å². The van der Waals surface area contributed by atoms with Crippen molar-refractivity contribution in [3.8, 4) is 0 Å². The van der Waals surface area contributed by atoms with Crippen molar-refractivity contribution < 1.29 is 4.74 Å². The fraction of sp³-hybridized carbons (Fsp3) is 0.636. The van der Waals surface area contributed by atoms with Crippen molar-refractivity contribution in [2.75, 3.05) is 7.11 Å². The number of hydrogen-bond acceptors (Lipinski definition) is 3. The Morgan fingerprint density at radius 1 is 1.31 bits per heavy atom. The van der Waals surface area contributed by atoms with Gasteiger partial charge in [0.15, 0.2) is 5.82 Å². The van der Waals surface area contributed by atoms with E-state index in [4.69, 9.17) is 16.3 Å². The normalized spacial score (nSPS) is 12.2. The maximum atomic E-state index is 6.11. The molecular formula is C11H16ClIN2O. The first-order valence-corrected chi connectivity index (χ1v) is 6.53. The molecule has 0 atom stereocenters. The molecule has 16 heavy (non-hydrogen) atoms. The molecule has 5 heteroatoms. The van der Waals surface area contributed by atoms with Crippen molar-refractivity contribution in [2.24, 2.45) is 0 Å². The van der Waals surface area contributed by atoms with Crippen LogP contribution < -0.4 is 0 Å². The van der Waals surface area contributed by atoms with E-state index in [1.807, 2.05) is 13.8 Å². The predicted molar refractivity (Wildman–Crippen MR) is 73.9 cm³/mol. The van der Waals surface area contributed by atoms with Crippen LogP contribution in [0.4, 0.5) is 0 Å². The monoisotopic (exact) mass is 354 g/mol. The van der Waals surface area contributed by atoms with Gasteiger partial charge < -0.3 is 4.74 Å². The molecule has 0 radical (unpaired) electrons. The van der Waals surface area contributed by atoms with E-state index in [1.165, 1.54) is 0 Å². The molecule has 0 unspecified atom stereocenters. The summed E-state index contributed by atoms with van der Waals surface area (Å²) in [4.78, 5) is 8.83. The van der Waals surface area contributed by atoms with Crippen molar-refractivity contribution in [3.05, 3.63) is 20.2 Å². The average Bonchev–Trinajstić information content (AvgIpc) is 2.21. The average molecular weight is 355 g/mol. The third-order valence-electron chi connectivity index (χ3n) is 2.43. The second-order valence-corrected chi connectivity index (χ2v) is 5.84. The topological polar surface area (TPSA) is 35.0 Å². The van der Waals surface area contributed by atoms with Crippen LogP contribution in [0.25, 0.3) is 0 Å². The van der Waals surface area contributed by atoms with Gasteiger partial charge in [0.25, 0.3) is 0 Å². The SMILES string of the molecule is COC(C)(C)c1nc(Cl)c(I)c(C(C)C)n1. The maximum absolute atomic E-state index is 6.11. The van der Waals surface area contributed by atoms with Crippen molar-refractivity contribution in [1.29, 1.82) is 0 Å². The quantitative estimate of drug-likeness (QED) is 0.613. The minimum atomic E-state index is -0.516. The van der Waals surface area contributed by atoms with Crippen LogP contribution in [0, 0.1) is 3.57 Å². The lowest BCUT2D eigenvalue weighted by Crippen LogP contribution is -2.24. The Hall–Kier alpha value is 0.0600. The third-order valence-corrected chi connectivity index (χ3v) is 4.09. The number of aromatic nitrogens is 2. The van der Waals surface area contributed by atoms with Gasteiger partial charge >= 0.3 is 0 Å². The van der Waals surface area contributed by atoms with Crippen LogP contribution in [0.3, 0.4) is 0 Å². The molecule has 0 N–H and O–H groups in total. The summed E-state index contributed by atoms with van der Waals surface area (Å²) in [5.74, 6) is 0.947. The van der Waals surface area contributed by atoms with E-state index in [0.29, 0.717) is 16.9 Å². The highest BCUT2D eigenvalue weighted by atomic mass is 127. The van der Waals surface area contributed by atoms with Gasteiger partial charge in [-0.1, -0.05) is 25.4 Å². The summed E-state index contributed by atoms with van der Waals surface area (Å²) >= 11 is 8.29. The molecule has 0 spiro atoms. The molecule has 3 nitrogen and oxygen atoms in total. The molecule has 1 aromatic rings. The molecule has 0 aliphatic carbocycles. The van der Waals surface area contributed by atoms with Gasteiger partial charge in [0, 0.05) is 7.11 Å². The highest BCUT2D eigenvalue weighted by molar-refractivity contribution is 14.1. The first-order chi connectivity index (χ1) is 7.29. The van der Waals surface area contributed by atoms with Crippen molar-refractivity contribution >= 4 is 34.2 Å². The molecule has 1 heterocycles. The second kappa shape index (κ2) is 5.14. The Morgan fingerprint density at radius 2 is 1.88 bits per heavy atom. The number of rotatable bonds is 3. The summed E-state index contributed by atoms with van der Waals surface area (Å²) in [6.45, 7) is 8.03. The van der Waals surface area contributed by atoms with Gasteiger partial charge in [-0.25, -0.2) is 9.97 Å². The molecule has 0 aliphatic rings. The maximum Gasteiger partial charge on any atom is 0.161 e. The third kappa shape index (κ3) is 2.84. The van der Waals surface area contributed by atoms with Gasteiger partial charge in [0.1, 0.15) is 10.8 Å². The van der Waals surface area contributed by atoms with Gasteiger partial charge in [-0.3, -0.25) is 0 Å². The summed E-state index contributed by atoms with van der Waals surface area (Å²) in [7, 11) is 1.64. The summed E-state index contributed by atoms with van der Waals surface area (Å²) < 4.78 is 6.29. The largest absolute Gasteiger partial charge is 0.371 e. The van der Waals surface area contributed by atoms with Crippen molar-refractivity contribution in [1.82, 2.24) is 9.97 Å². The highest BCUT2D eigenvalue weighted by Gasteiger charge is 2.26. The van der Waals surface area contributed by atoms with E-state index in [-0.39, 0.29) is 0 Å². The molecule has 0 aromatic carbocycles. The summed E-state index contributed by atoms with van der Waals surface area (Å²) in [6, 6.07) is 0. The van der Waals surface area contributed by atoms with Gasteiger partial charge in [-0.15, -0.1) is 0 Å². The van der Waals surface area contributed by atoms with Crippen LogP contribution >= 0.6 is 34.2 Å². The zero-order valence-corrected chi connectivity index (χ0v) is 13.0. The first-order valence-electron chi connectivity index (χ1n) is 5.08. The minimum absolute atomic E-state index is 0.318. The number of methoxy groups -OCH3 is 1. The molecule has 0 saturated heterocycles. The van der Waals surface area contributed by atoms with E-state index < -0.39 is 5.60 Å². The Balaban J connectivity index is 3.35. The van der Waals surface area contributed by atoms with Crippen LogP contribution in [-0.4, -0.2) is 17.1 Å². The minimum Gasteiger partial charge on any atom is -0.371 e. The van der Waals surface area contributed by atoms with Gasteiger partial charge in [0.2, 0.25) is 0 Å². The summed E-state index contributed by atoms with van der Waals surface area (Å²) in [5.41, 5.74) is 0.457. The molecule has 1 rings (SSSR count). The lowest BCUT2D eigenvalue weighted by Gasteiger charge is -2.23. The molecule has 90 valence electrons. The number of halogens is 2. The van der Waals surface area contributed by atoms with E-state index in [0.717, 1.165) is 9.26 Å². The van der Waals surface area contributed by atoms with Crippen LogP contribution in [0.1, 0.15) is 45.1 Å². The Kier molecular flexibility index (Phi) is 4.54. The van der Waals surface area contributed by atoms with Crippen molar-refractivity contribution in [3.63, 3.8) is 0 Å². The molecule has 0 bridgehead atoms. The van der Waals surface area contributed by atoms with Crippen molar-refractivity contribution in [2.45, 2.75) is 39.2 Å². The standard InChI is InChI=1S/C11H16ClIN2O/c1-6(2)8-7(13)9(12)15-10(14-8)11(3,4)16-5/h6H,1-5H3. The molecule has 0 saturated carbocycles. The Morgan fingerprint density at radius 3 is 2.31 bits per heavy atom. The first kappa shape index (κ1) is 14.1. The molecule has 1 aromatic heterocycles. The Labute approximate surface area is 115 Å². The zero-order chi connectivity index (χ0) is 12.5. The van der Waals surface area contributed by atoms with Gasteiger partial charge in [0.05, 0.1) is 9.26 Å². The fourth-order valence-corrected chi connectivity index (χ4v) is 2.22. The number of ether oxygens (including phenoxy) is 1. The second-order valence-electron chi connectivity index (χ2n) is 4.41. The van der Waals surface area contributed by atoms with E-state index in [2.05, 4.69) is 46.4 Å². The fourth-order valence-electron chi connectivity index (χ4n) is 1.18. The summed E-state index contributed by atoms with van der Waals surface area (Å²) in [5, 5.41) is 0.499. The molecular weight excluding hydrogens is 338 g/mol. The van der Waals surface area contributed by atoms with Crippen LogP contribution in [0.2, 0.25) is 5.15 Å². The van der Waals surface area contributed by atoms with Crippen LogP contribution in [-0.2, 0) is 10.3 Å². The lowest BCUT2D eigenvalue weighted by molar-refractivity contribution is 0.0112. The zero-order valence-electron chi connectivity index (χ0n) is 10.1. The Bertz CT molecular complexity index is 394. The lowest BCUT2D eigenvalue weighted by atomic mass is 10.1. The van der Waals surface area contributed by atoms with Gasteiger partial charge in [-0.05, 0) is 42.4 Å². The molecule has 0 amide bonds. The number of hydrogen-bond donors (Lipinski definition) is 0. The van der Waals surface area contributed by atoms with Crippen LogP contribution in [0.15, 0.2) is 0 Å². The highest BCUT2D eigenvalue weighted by Crippen LogP contribution is 2.29. The van der Waals surface area contributed by atoms with Crippen LogP contribution in [0.5, 0.6) is 0 Å². The predicted octanol–water partition coefficient (Wildman–Crippen LogP) is 3.74. The number of nitrogens with zero attached hydrogens (tertiary/aromatic N) is 2. The van der Waals surface area contributed by atoms with Gasteiger partial charge in [-0.2, -0.15) is 0 Å². The summed E-state index contributed by atoms with van der Waals surface area (Å²) in [6.07, 6.45) is 0. The molecule has 0 aliphatic heterocycles. The van der Waals surface area contributed by atoms with E-state index >= 15 is 0 Å². The molecule has 0 fully saturated rings. The smallest absolute Gasteiger partial charge is 0.161 e. The van der Waals surface area contributed by atoms with E-state index in [9.17, 15) is 0 Å².